The first-order valence-corrected chi connectivity index (χ1v) is 8.33. The molecule has 0 saturated carbocycles. The molecule has 0 saturated heterocycles. The van der Waals surface area contributed by atoms with Crippen LogP contribution < -0.4 is 14.2 Å². The number of para-hydroxylation sites is 4. The van der Waals surface area contributed by atoms with Crippen LogP contribution >= 0.6 is 0 Å². The van der Waals surface area contributed by atoms with Gasteiger partial charge in [0, 0.05) is 6.42 Å². The molecule has 0 aliphatic carbocycles. The molecule has 2 aromatic rings. The molecule has 0 aliphatic rings. The number of ether oxygens (including phenoxy) is 3. The highest BCUT2D eigenvalue weighted by Gasteiger charge is 2.13. The summed E-state index contributed by atoms with van der Waals surface area (Å²) < 4.78 is 17.1. The Labute approximate surface area is 143 Å². The van der Waals surface area contributed by atoms with Gasteiger partial charge in [-0.25, -0.2) is 0 Å². The first kappa shape index (κ1) is 17.9. The van der Waals surface area contributed by atoms with Crippen LogP contribution in [0.2, 0.25) is 0 Å². The summed E-state index contributed by atoms with van der Waals surface area (Å²) in [5.74, 6) is 1.89. The molecule has 4 nitrogen and oxygen atoms in total. The lowest BCUT2D eigenvalue weighted by molar-refractivity contribution is -0.134. The second-order valence-corrected chi connectivity index (χ2v) is 5.74. The van der Waals surface area contributed by atoms with Gasteiger partial charge in [-0.2, -0.15) is 0 Å². The summed E-state index contributed by atoms with van der Waals surface area (Å²) in [5, 5.41) is 0. The maximum atomic E-state index is 11.9. The van der Waals surface area contributed by atoms with Crippen LogP contribution in [-0.4, -0.2) is 12.1 Å². The Kier molecular flexibility index (Phi) is 6.67. The highest BCUT2D eigenvalue weighted by atomic mass is 16.6. The predicted octanol–water partition coefficient (Wildman–Crippen LogP) is 5.36. The van der Waals surface area contributed by atoms with E-state index in [0.29, 0.717) is 29.4 Å². The molecule has 0 fully saturated rings. The maximum absolute atomic E-state index is 11.9. The van der Waals surface area contributed by atoms with Crippen molar-refractivity contribution in [2.24, 2.45) is 0 Å². The van der Waals surface area contributed by atoms with Crippen molar-refractivity contribution in [1.29, 1.82) is 0 Å². The van der Waals surface area contributed by atoms with Crippen LogP contribution in [0.15, 0.2) is 48.5 Å². The van der Waals surface area contributed by atoms with E-state index < -0.39 is 0 Å². The third-order valence-electron chi connectivity index (χ3n) is 3.24. The highest BCUT2D eigenvalue weighted by molar-refractivity contribution is 5.73. The molecule has 0 spiro atoms. The van der Waals surface area contributed by atoms with Crippen molar-refractivity contribution in [2.45, 2.75) is 46.1 Å². The molecule has 0 amide bonds. The van der Waals surface area contributed by atoms with Crippen LogP contribution in [0.1, 0.15) is 40.0 Å². The Morgan fingerprint density at radius 2 is 1.46 bits per heavy atom. The number of unbranched alkanes of at least 4 members (excludes halogenated alkanes) is 1. The van der Waals surface area contributed by atoms with E-state index in [1.807, 2.05) is 57.2 Å². The fourth-order valence-electron chi connectivity index (χ4n) is 2.12. The van der Waals surface area contributed by atoms with E-state index in [2.05, 4.69) is 0 Å². The van der Waals surface area contributed by atoms with Crippen LogP contribution in [-0.2, 0) is 4.79 Å². The summed E-state index contributed by atoms with van der Waals surface area (Å²) in [5.41, 5.74) is 0. The zero-order valence-corrected chi connectivity index (χ0v) is 14.5. The van der Waals surface area contributed by atoms with Gasteiger partial charge in [0.05, 0.1) is 6.10 Å². The maximum Gasteiger partial charge on any atom is 0.311 e. The van der Waals surface area contributed by atoms with Crippen molar-refractivity contribution in [3.8, 4) is 23.0 Å². The number of benzene rings is 2. The Morgan fingerprint density at radius 3 is 2.04 bits per heavy atom. The van der Waals surface area contributed by atoms with Crippen molar-refractivity contribution in [3.05, 3.63) is 48.5 Å². The molecule has 128 valence electrons. The van der Waals surface area contributed by atoms with Crippen LogP contribution in [0.25, 0.3) is 0 Å². The second-order valence-electron chi connectivity index (χ2n) is 5.74. The quantitative estimate of drug-likeness (QED) is 0.483. The SMILES string of the molecule is CCCCC(=O)Oc1ccccc1Oc1ccccc1OC(C)C. The predicted molar refractivity (Wildman–Crippen MR) is 93.9 cm³/mol. The molecule has 2 rings (SSSR count). The Bertz CT molecular complexity index is 664. The van der Waals surface area contributed by atoms with E-state index in [1.54, 1.807) is 12.1 Å². The number of esters is 1. The molecule has 0 aliphatic heterocycles. The molecule has 0 heterocycles. The molecule has 0 N–H and O–H groups in total. The normalized spacial score (nSPS) is 10.5. The Hall–Kier alpha value is -2.49. The minimum Gasteiger partial charge on any atom is -0.487 e. The lowest BCUT2D eigenvalue weighted by Crippen LogP contribution is -2.08. The summed E-state index contributed by atoms with van der Waals surface area (Å²) in [6.07, 6.45) is 2.20. The van der Waals surface area contributed by atoms with E-state index in [-0.39, 0.29) is 12.1 Å². The van der Waals surface area contributed by atoms with Gasteiger partial charge in [0.25, 0.3) is 0 Å². The topological polar surface area (TPSA) is 44.8 Å². The van der Waals surface area contributed by atoms with Gasteiger partial charge in [0.15, 0.2) is 23.0 Å². The monoisotopic (exact) mass is 328 g/mol. The van der Waals surface area contributed by atoms with Crippen LogP contribution in [0, 0.1) is 0 Å². The molecule has 0 aromatic heterocycles. The molecule has 0 bridgehead atoms. The highest BCUT2D eigenvalue weighted by Crippen LogP contribution is 2.36. The van der Waals surface area contributed by atoms with Gasteiger partial charge in [-0.15, -0.1) is 0 Å². The zero-order valence-electron chi connectivity index (χ0n) is 14.5. The lowest BCUT2D eigenvalue weighted by atomic mass is 10.2. The van der Waals surface area contributed by atoms with Gasteiger partial charge in [0.1, 0.15) is 0 Å². The van der Waals surface area contributed by atoms with E-state index in [0.717, 1.165) is 12.8 Å². The number of hydrogen-bond acceptors (Lipinski definition) is 4. The summed E-state index contributed by atoms with van der Waals surface area (Å²) in [6.45, 7) is 5.95. The summed E-state index contributed by atoms with van der Waals surface area (Å²) >= 11 is 0. The van der Waals surface area contributed by atoms with Gasteiger partial charge >= 0.3 is 5.97 Å². The first-order chi connectivity index (χ1) is 11.6. The van der Waals surface area contributed by atoms with Gasteiger partial charge < -0.3 is 14.2 Å². The minimum atomic E-state index is -0.250. The summed E-state index contributed by atoms with van der Waals surface area (Å²) in [6, 6.07) is 14.6. The third kappa shape index (κ3) is 5.30. The average Bonchev–Trinajstić information content (AvgIpc) is 2.56. The van der Waals surface area contributed by atoms with E-state index in [4.69, 9.17) is 14.2 Å². The summed E-state index contributed by atoms with van der Waals surface area (Å²) in [4.78, 5) is 11.9. The Balaban J connectivity index is 2.17. The second kappa shape index (κ2) is 8.96. The molecular weight excluding hydrogens is 304 g/mol. The fourth-order valence-corrected chi connectivity index (χ4v) is 2.12. The van der Waals surface area contributed by atoms with Crippen LogP contribution in [0.5, 0.6) is 23.0 Å². The number of hydrogen-bond donors (Lipinski definition) is 0. The number of carbonyl (C=O) groups excluding carboxylic acids is 1. The van der Waals surface area contributed by atoms with Gasteiger partial charge in [-0.1, -0.05) is 37.6 Å². The Morgan fingerprint density at radius 1 is 0.917 bits per heavy atom. The number of carbonyl (C=O) groups is 1. The van der Waals surface area contributed by atoms with E-state index in [9.17, 15) is 4.79 Å². The van der Waals surface area contributed by atoms with Gasteiger partial charge in [0.2, 0.25) is 0 Å². The van der Waals surface area contributed by atoms with Gasteiger partial charge in [-0.05, 0) is 44.5 Å². The molecule has 0 atom stereocenters. The largest absolute Gasteiger partial charge is 0.487 e. The molecule has 4 heteroatoms. The molecule has 0 radical (unpaired) electrons. The zero-order chi connectivity index (χ0) is 17.4. The van der Waals surface area contributed by atoms with Crippen molar-refractivity contribution in [2.75, 3.05) is 0 Å². The smallest absolute Gasteiger partial charge is 0.311 e. The average molecular weight is 328 g/mol. The van der Waals surface area contributed by atoms with Crippen molar-refractivity contribution in [1.82, 2.24) is 0 Å². The van der Waals surface area contributed by atoms with Crippen LogP contribution in [0.3, 0.4) is 0 Å². The lowest BCUT2D eigenvalue weighted by Gasteiger charge is -2.16. The van der Waals surface area contributed by atoms with Crippen molar-refractivity contribution >= 4 is 5.97 Å². The number of rotatable bonds is 8. The molecule has 0 unspecified atom stereocenters. The first-order valence-electron chi connectivity index (χ1n) is 8.33. The van der Waals surface area contributed by atoms with Gasteiger partial charge in [-0.3, -0.25) is 4.79 Å². The molecular formula is C20H24O4. The van der Waals surface area contributed by atoms with Crippen molar-refractivity contribution in [3.63, 3.8) is 0 Å². The van der Waals surface area contributed by atoms with Crippen LogP contribution in [0.4, 0.5) is 0 Å². The molecule has 24 heavy (non-hydrogen) atoms. The fraction of sp³-hybridized carbons (Fsp3) is 0.350. The minimum absolute atomic E-state index is 0.0388. The third-order valence-corrected chi connectivity index (χ3v) is 3.24. The standard InChI is InChI=1S/C20H24O4/c1-4-5-14-20(21)24-19-13-9-8-12-18(19)23-17-11-7-6-10-16(17)22-15(2)3/h6-13,15H,4-5,14H2,1-3H3. The molecule has 2 aromatic carbocycles. The van der Waals surface area contributed by atoms with Crippen molar-refractivity contribution < 1.29 is 19.0 Å². The van der Waals surface area contributed by atoms with E-state index in [1.165, 1.54) is 0 Å². The summed E-state index contributed by atoms with van der Waals surface area (Å²) in [7, 11) is 0. The van der Waals surface area contributed by atoms with E-state index >= 15 is 0 Å².